The molecule has 0 aromatic heterocycles. The van der Waals surface area contributed by atoms with Crippen LogP contribution < -0.4 is 0 Å². The highest BCUT2D eigenvalue weighted by Gasteiger charge is 2.78. The summed E-state index contributed by atoms with van der Waals surface area (Å²) in [7, 11) is 0. The predicted molar refractivity (Wildman–Crippen MR) is 95.9 cm³/mol. The Kier molecular flexibility index (Phi) is 4.64. The van der Waals surface area contributed by atoms with Crippen LogP contribution in [0.5, 0.6) is 0 Å². The Hall–Kier alpha value is -0.500. The first-order chi connectivity index (χ1) is 12.8. The molecule has 4 rings (SSSR count). The molecule has 1 N–H and O–H groups in total. The molecule has 3 saturated carbocycles. The monoisotopic (exact) mass is 470 g/mol. The number of hydrogen-bond donors (Lipinski definition) is 1. The van der Waals surface area contributed by atoms with Gasteiger partial charge in [0.25, 0.3) is 0 Å². The molecule has 8 heteroatoms. The Morgan fingerprint density at radius 2 is 1.68 bits per heavy atom. The number of allylic oxidation sites excluding steroid dienone is 1. The lowest BCUT2D eigenvalue weighted by atomic mass is 9.50. The fourth-order valence-electron chi connectivity index (χ4n) is 7.00. The molecule has 3 fully saturated rings. The quantitative estimate of drug-likeness (QED) is 0.493. The summed E-state index contributed by atoms with van der Waals surface area (Å²) in [5.41, 5.74) is -3.43. The number of carbonyl (C=O) groups excluding carboxylic acids is 1. The van der Waals surface area contributed by atoms with Crippen molar-refractivity contribution in [2.75, 3.05) is 0 Å². The Morgan fingerprint density at radius 3 is 2.32 bits per heavy atom. The van der Waals surface area contributed by atoms with Crippen molar-refractivity contribution in [3.8, 4) is 0 Å². The highest BCUT2D eigenvalue weighted by molar-refractivity contribution is 9.12. The predicted octanol–water partition coefficient (Wildman–Crippen LogP) is 5.78. The van der Waals surface area contributed by atoms with Gasteiger partial charge in [0.05, 0.1) is 4.48 Å². The summed E-state index contributed by atoms with van der Waals surface area (Å²) in [6.45, 7) is 1.44. The van der Waals surface area contributed by atoms with Crippen LogP contribution in [-0.2, 0) is 4.79 Å². The maximum Gasteiger partial charge on any atom is 0.456 e. The van der Waals surface area contributed by atoms with Gasteiger partial charge >= 0.3 is 12.1 Å². The average molecular weight is 471 g/mol. The summed E-state index contributed by atoms with van der Waals surface area (Å²) >= 11 is 3.41. The number of hydrogen-bond acceptors (Lipinski definition) is 2. The number of aliphatic hydroxyl groups is 1. The number of alkyl halides is 5. The molecule has 4 aliphatic carbocycles. The molecule has 6 atom stereocenters. The van der Waals surface area contributed by atoms with Crippen LogP contribution >= 0.6 is 15.9 Å². The van der Waals surface area contributed by atoms with E-state index in [2.05, 4.69) is 15.9 Å². The molecule has 0 bridgehead atoms. The summed E-state index contributed by atoms with van der Waals surface area (Å²) in [6, 6.07) is 0. The van der Waals surface area contributed by atoms with Gasteiger partial charge in [-0.15, -0.1) is 0 Å². The van der Waals surface area contributed by atoms with E-state index in [4.69, 9.17) is 0 Å². The molecule has 28 heavy (non-hydrogen) atoms. The summed E-state index contributed by atoms with van der Waals surface area (Å²) in [5, 5.41) is 10.8. The summed E-state index contributed by atoms with van der Waals surface area (Å²) in [5.74, 6) is -5.01. The van der Waals surface area contributed by atoms with Crippen molar-refractivity contribution < 1.29 is 31.9 Å². The van der Waals surface area contributed by atoms with Gasteiger partial charge < -0.3 is 5.11 Å². The second kappa shape index (κ2) is 6.25. The number of ketones is 1. The van der Waals surface area contributed by atoms with E-state index in [0.717, 1.165) is 12.0 Å². The molecular weight excluding hydrogens is 447 g/mol. The van der Waals surface area contributed by atoms with E-state index in [1.54, 1.807) is 0 Å². The first-order valence-corrected chi connectivity index (χ1v) is 10.7. The van der Waals surface area contributed by atoms with Crippen LogP contribution in [0.3, 0.4) is 0 Å². The zero-order valence-corrected chi connectivity index (χ0v) is 17.2. The fourth-order valence-corrected chi connectivity index (χ4v) is 7.69. The van der Waals surface area contributed by atoms with Crippen LogP contribution in [0.25, 0.3) is 0 Å². The molecule has 0 heterocycles. The van der Waals surface area contributed by atoms with Gasteiger partial charge in [-0.25, -0.2) is 0 Å². The lowest BCUT2D eigenvalue weighted by Crippen LogP contribution is -2.65. The lowest BCUT2D eigenvalue weighted by molar-refractivity contribution is -0.363. The highest BCUT2D eigenvalue weighted by atomic mass is 79.9. The molecule has 4 aliphatic rings. The maximum absolute atomic E-state index is 14.4. The Bertz CT molecular complexity index is 733. The number of fused-ring (bicyclic) bond motifs is 5. The topological polar surface area (TPSA) is 37.3 Å². The van der Waals surface area contributed by atoms with Gasteiger partial charge in [-0.05, 0) is 90.1 Å². The number of halogens is 6. The van der Waals surface area contributed by atoms with E-state index < -0.39 is 29.5 Å². The van der Waals surface area contributed by atoms with Crippen molar-refractivity contribution in [1.82, 2.24) is 0 Å². The first kappa shape index (κ1) is 20.8. The zero-order valence-electron chi connectivity index (χ0n) is 15.6. The van der Waals surface area contributed by atoms with Crippen molar-refractivity contribution in [3.05, 3.63) is 10.1 Å². The van der Waals surface area contributed by atoms with E-state index in [0.29, 0.717) is 30.2 Å². The molecule has 158 valence electrons. The van der Waals surface area contributed by atoms with Crippen LogP contribution in [0.15, 0.2) is 10.1 Å². The smallest absolute Gasteiger partial charge is 0.383 e. The fraction of sp³-hybridized carbons (Fsp3) is 0.850. The summed E-state index contributed by atoms with van der Waals surface area (Å²) in [4.78, 5) is 12.0. The van der Waals surface area contributed by atoms with Crippen molar-refractivity contribution in [2.24, 2.45) is 29.1 Å². The third kappa shape index (κ3) is 2.48. The molecule has 0 saturated heterocycles. The van der Waals surface area contributed by atoms with Crippen LogP contribution in [0.1, 0.15) is 58.3 Å². The minimum Gasteiger partial charge on any atom is -0.383 e. The minimum atomic E-state index is -5.77. The van der Waals surface area contributed by atoms with Gasteiger partial charge in [0.1, 0.15) is 5.60 Å². The standard InChI is InChI=1S/C20H24BrF5O2/c1-17-8-6-11-10-4-5-15(27)16(21)13(10)3-2-12(11)14(17)7-9-18(17,28)19(22,23)20(24,25)26/h10-12,14,28H,2-9H2,1H3/t10-,11-,12-,14+,17+,18?/m1/s1. The molecule has 2 nitrogen and oxygen atoms in total. The van der Waals surface area contributed by atoms with E-state index in [1.807, 2.05) is 0 Å². The number of carbonyl (C=O) groups is 1. The van der Waals surface area contributed by atoms with Crippen LogP contribution in [0.2, 0.25) is 0 Å². The zero-order chi connectivity index (χ0) is 20.7. The second-order valence-corrected chi connectivity index (χ2v) is 10.1. The lowest BCUT2D eigenvalue weighted by Gasteiger charge is -2.56. The highest BCUT2D eigenvalue weighted by Crippen LogP contribution is 2.69. The first-order valence-electron chi connectivity index (χ1n) is 9.94. The Balaban J connectivity index is 1.68. The molecule has 0 aliphatic heterocycles. The van der Waals surface area contributed by atoms with E-state index in [1.165, 1.54) is 6.92 Å². The van der Waals surface area contributed by atoms with Gasteiger partial charge in [-0.1, -0.05) is 6.92 Å². The largest absolute Gasteiger partial charge is 0.456 e. The van der Waals surface area contributed by atoms with Crippen LogP contribution in [0, 0.1) is 29.1 Å². The molecule has 0 aromatic rings. The average Bonchev–Trinajstić information content (AvgIpc) is 2.90. The van der Waals surface area contributed by atoms with Crippen molar-refractivity contribution in [2.45, 2.75) is 76.0 Å². The molecule has 0 radical (unpaired) electrons. The van der Waals surface area contributed by atoms with Gasteiger partial charge in [-0.3, -0.25) is 4.79 Å². The summed E-state index contributed by atoms with van der Waals surface area (Å²) in [6.07, 6.45) is -2.95. The van der Waals surface area contributed by atoms with Crippen molar-refractivity contribution in [3.63, 3.8) is 0 Å². The van der Waals surface area contributed by atoms with Gasteiger partial charge in [0, 0.05) is 11.8 Å². The SMILES string of the molecule is C[C@]12CC[C@H]3[C@@H](CCC4=C(Br)C(=O)CC[C@@H]43)[C@@H]1CCC2(O)C(F)(F)C(F)(F)F. The van der Waals surface area contributed by atoms with Crippen molar-refractivity contribution in [1.29, 1.82) is 0 Å². The molecule has 0 aromatic carbocycles. The number of rotatable bonds is 1. The van der Waals surface area contributed by atoms with Gasteiger partial charge in [0.15, 0.2) is 5.78 Å². The number of Topliss-reactive ketones (excluding diaryl/α,β-unsaturated/α-hetero) is 1. The van der Waals surface area contributed by atoms with Gasteiger partial charge in [0.2, 0.25) is 0 Å². The molecule has 0 amide bonds. The third-order valence-corrected chi connectivity index (χ3v) is 9.39. The second-order valence-electron chi connectivity index (χ2n) is 9.31. The van der Waals surface area contributed by atoms with Crippen LogP contribution in [-0.4, -0.2) is 28.6 Å². The molecule has 1 unspecified atom stereocenters. The normalized spacial score (nSPS) is 44.2. The van der Waals surface area contributed by atoms with E-state index >= 15 is 0 Å². The Labute approximate surface area is 169 Å². The Morgan fingerprint density at radius 1 is 1.00 bits per heavy atom. The van der Waals surface area contributed by atoms with E-state index in [9.17, 15) is 31.9 Å². The summed E-state index contributed by atoms with van der Waals surface area (Å²) < 4.78 is 68.9. The van der Waals surface area contributed by atoms with Crippen LogP contribution in [0.4, 0.5) is 22.0 Å². The van der Waals surface area contributed by atoms with Gasteiger partial charge in [-0.2, -0.15) is 22.0 Å². The van der Waals surface area contributed by atoms with Crippen molar-refractivity contribution >= 4 is 21.7 Å². The minimum absolute atomic E-state index is 0.0130. The maximum atomic E-state index is 14.4. The van der Waals surface area contributed by atoms with E-state index in [-0.39, 0.29) is 42.3 Å². The molecule has 0 spiro atoms. The third-order valence-electron chi connectivity index (χ3n) is 8.44. The molecular formula is C20H24BrF5O2.